The third kappa shape index (κ3) is 5.77. The van der Waals surface area contributed by atoms with Gasteiger partial charge in [-0.1, -0.05) is 25.4 Å². The van der Waals surface area contributed by atoms with Crippen LogP contribution < -0.4 is 20.5 Å². The minimum Gasteiger partial charge on any atom is -0.495 e. The molecule has 9 heteroatoms. The summed E-state index contributed by atoms with van der Waals surface area (Å²) in [6, 6.07) is 9.78. The number of amides is 1. The molecule has 210 valence electrons. The first-order chi connectivity index (χ1) is 19.3. The molecule has 1 aliphatic carbocycles. The fourth-order valence-corrected chi connectivity index (χ4v) is 5.36. The van der Waals surface area contributed by atoms with Gasteiger partial charge in [0, 0.05) is 59.1 Å². The van der Waals surface area contributed by atoms with Crippen LogP contribution in [-0.4, -0.2) is 43.9 Å². The van der Waals surface area contributed by atoms with E-state index < -0.39 is 5.82 Å². The molecule has 1 amide bonds. The van der Waals surface area contributed by atoms with E-state index in [1.807, 2.05) is 6.92 Å². The van der Waals surface area contributed by atoms with Gasteiger partial charge < -0.3 is 20.5 Å². The molecule has 0 radical (unpaired) electrons. The summed E-state index contributed by atoms with van der Waals surface area (Å²) in [5, 5.41) is 3.39. The molecule has 1 aromatic heterocycles. The van der Waals surface area contributed by atoms with E-state index in [2.05, 4.69) is 23.3 Å². The molecule has 2 atom stereocenters. The van der Waals surface area contributed by atoms with Gasteiger partial charge in [-0.05, 0) is 61.6 Å². The van der Waals surface area contributed by atoms with Crippen molar-refractivity contribution in [3.05, 3.63) is 69.6 Å². The normalized spacial score (nSPS) is 17.0. The summed E-state index contributed by atoms with van der Waals surface area (Å²) in [5.41, 5.74) is 10.9. The zero-order valence-corrected chi connectivity index (χ0v) is 23.7. The molecule has 7 nitrogen and oxygen atoms in total. The third-order valence-electron chi connectivity index (χ3n) is 7.51. The highest BCUT2D eigenvalue weighted by molar-refractivity contribution is 6.33. The number of aromatic nitrogens is 1. The monoisotopic (exact) mass is 564 g/mol. The van der Waals surface area contributed by atoms with Crippen molar-refractivity contribution in [3.63, 3.8) is 0 Å². The van der Waals surface area contributed by atoms with Crippen LogP contribution in [0.4, 0.5) is 10.1 Å². The van der Waals surface area contributed by atoms with Gasteiger partial charge in [-0.2, -0.15) is 0 Å². The number of nitrogens with two attached hydrogens (primary N) is 1. The maximum atomic E-state index is 13.8. The lowest BCUT2D eigenvalue weighted by molar-refractivity contribution is 0.0949. The highest BCUT2D eigenvalue weighted by Crippen LogP contribution is 2.47. The predicted octanol–water partition coefficient (Wildman–Crippen LogP) is 6.38. The maximum Gasteiger partial charge on any atom is 0.251 e. The first kappa shape index (κ1) is 27.9. The van der Waals surface area contributed by atoms with Crippen LogP contribution in [0.25, 0.3) is 11.3 Å². The van der Waals surface area contributed by atoms with Crippen molar-refractivity contribution in [2.45, 2.75) is 44.9 Å². The minimum atomic E-state index is -0.409. The number of benzene rings is 2. The molecule has 3 N–H and O–H groups in total. The quantitative estimate of drug-likeness (QED) is 0.220. The Kier molecular flexibility index (Phi) is 8.26. The van der Waals surface area contributed by atoms with Gasteiger partial charge in [0.15, 0.2) is 0 Å². The number of hydrogen-bond donors (Lipinski definition) is 2. The highest BCUT2D eigenvalue weighted by Gasteiger charge is 2.36. The second-order valence-corrected chi connectivity index (χ2v) is 10.9. The van der Waals surface area contributed by atoms with E-state index in [-0.39, 0.29) is 22.8 Å². The minimum absolute atomic E-state index is 0.00119. The van der Waals surface area contributed by atoms with Crippen molar-refractivity contribution in [2.75, 3.05) is 32.5 Å². The van der Waals surface area contributed by atoms with E-state index >= 15 is 0 Å². The van der Waals surface area contributed by atoms with Gasteiger partial charge in [0.1, 0.15) is 23.0 Å². The van der Waals surface area contributed by atoms with E-state index in [1.165, 1.54) is 19.2 Å². The Morgan fingerprint density at radius 3 is 2.83 bits per heavy atom. The SMILES string of the molecule is CCCN=Cc1cc(C(=O)NCC(c2cc3c(c(-c4ccc(F)cc4Cl)n2)OCC3C)C2CC2)cc(OC)c1N. The van der Waals surface area contributed by atoms with Crippen molar-refractivity contribution in [1.82, 2.24) is 10.3 Å². The van der Waals surface area contributed by atoms with Crippen molar-refractivity contribution in [1.29, 1.82) is 0 Å². The van der Waals surface area contributed by atoms with Crippen LogP contribution >= 0.6 is 11.6 Å². The van der Waals surface area contributed by atoms with Crippen LogP contribution in [0.15, 0.2) is 41.4 Å². The molecule has 1 fully saturated rings. The van der Waals surface area contributed by atoms with Crippen LogP contribution in [0, 0.1) is 11.7 Å². The number of fused-ring (bicyclic) bond motifs is 1. The number of nitrogens with zero attached hydrogens (tertiary/aromatic N) is 2. The number of carbonyl (C=O) groups is 1. The topological polar surface area (TPSA) is 98.8 Å². The van der Waals surface area contributed by atoms with Crippen LogP contribution in [0.5, 0.6) is 11.5 Å². The molecule has 2 aliphatic rings. The van der Waals surface area contributed by atoms with Gasteiger partial charge >= 0.3 is 0 Å². The first-order valence-corrected chi connectivity index (χ1v) is 14.1. The third-order valence-corrected chi connectivity index (χ3v) is 7.82. The molecule has 1 saturated carbocycles. The number of carbonyl (C=O) groups excluding carboxylic acids is 1. The second kappa shape index (κ2) is 11.8. The number of methoxy groups -OCH3 is 1. The molecular formula is C31H34ClFN4O3. The van der Waals surface area contributed by atoms with Crippen molar-refractivity contribution in [2.24, 2.45) is 10.9 Å². The molecule has 5 rings (SSSR count). The predicted molar refractivity (Wildman–Crippen MR) is 157 cm³/mol. The van der Waals surface area contributed by atoms with Gasteiger partial charge in [-0.25, -0.2) is 9.37 Å². The molecule has 2 unspecified atom stereocenters. The van der Waals surface area contributed by atoms with Crippen molar-refractivity contribution < 1.29 is 18.7 Å². The number of aliphatic imine (C=N–C) groups is 1. The molecule has 0 bridgehead atoms. The molecule has 40 heavy (non-hydrogen) atoms. The molecule has 2 aromatic carbocycles. The lowest BCUT2D eigenvalue weighted by Gasteiger charge is -2.20. The standard InChI is InChI=1S/C31H34ClFN4O3/c1-4-9-35-14-20-10-19(11-27(39-3)28(20)34)31(38)36-15-24(18-5-6-18)26-13-23-17(2)16-40-30(23)29(37-26)22-8-7-21(33)12-25(22)32/h7-8,10-14,17-18,24H,4-6,9,15-16,34H2,1-3H3,(H,36,38). The van der Waals surface area contributed by atoms with Gasteiger partial charge in [0.2, 0.25) is 0 Å². The van der Waals surface area contributed by atoms with Crippen LogP contribution in [0.1, 0.15) is 72.1 Å². The Hall–Kier alpha value is -3.65. The zero-order valence-electron chi connectivity index (χ0n) is 23.0. The van der Waals surface area contributed by atoms with E-state index in [1.54, 1.807) is 24.4 Å². The Balaban J connectivity index is 1.44. The molecule has 1 aliphatic heterocycles. The molecule has 2 heterocycles. The maximum absolute atomic E-state index is 13.8. The summed E-state index contributed by atoms with van der Waals surface area (Å²) in [7, 11) is 1.53. The Bertz CT molecular complexity index is 1460. The lowest BCUT2D eigenvalue weighted by atomic mass is 9.93. The van der Waals surface area contributed by atoms with Gasteiger partial charge in [-0.3, -0.25) is 9.79 Å². The van der Waals surface area contributed by atoms with E-state index in [0.29, 0.717) is 65.2 Å². The van der Waals surface area contributed by atoms with Crippen molar-refractivity contribution in [3.8, 4) is 22.8 Å². The largest absolute Gasteiger partial charge is 0.495 e. The van der Waals surface area contributed by atoms with E-state index in [9.17, 15) is 9.18 Å². The van der Waals surface area contributed by atoms with Crippen molar-refractivity contribution >= 4 is 29.4 Å². The molecule has 0 saturated heterocycles. The summed E-state index contributed by atoms with van der Waals surface area (Å²) < 4.78 is 25.2. The number of halogens is 2. The number of nitrogens with one attached hydrogen (secondary N) is 1. The summed E-state index contributed by atoms with van der Waals surface area (Å²) in [6.45, 7) is 5.77. The van der Waals surface area contributed by atoms with Gasteiger partial charge in [0.25, 0.3) is 5.91 Å². The summed E-state index contributed by atoms with van der Waals surface area (Å²) in [4.78, 5) is 22.7. The van der Waals surface area contributed by atoms with Crippen LogP contribution in [0.3, 0.4) is 0 Å². The number of pyridine rings is 1. The summed E-state index contributed by atoms with van der Waals surface area (Å²) in [5.74, 6) is 1.06. The Morgan fingerprint density at radius 1 is 1.32 bits per heavy atom. The zero-order chi connectivity index (χ0) is 28.4. The van der Waals surface area contributed by atoms with E-state index in [4.69, 9.17) is 31.8 Å². The fraction of sp³-hybridized carbons (Fsp3) is 0.387. The average molecular weight is 565 g/mol. The van der Waals surface area contributed by atoms with E-state index in [0.717, 1.165) is 30.5 Å². The second-order valence-electron chi connectivity index (χ2n) is 10.5. The lowest BCUT2D eigenvalue weighted by Crippen LogP contribution is -2.30. The Labute approximate surface area is 239 Å². The summed E-state index contributed by atoms with van der Waals surface area (Å²) >= 11 is 6.45. The first-order valence-electron chi connectivity index (χ1n) is 13.7. The smallest absolute Gasteiger partial charge is 0.251 e. The van der Waals surface area contributed by atoms with Crippen LogP contribution in [-0.2, 0) is 0 Å². The molecule has 3 aromatic rings. The fourth-order valence-electron chi connectivity index (χ4n) is 5.11. The number of ether oxygens (including phenoxy) is 2. The summed E-state index contributed by atoms with van der Waals surface area (Å²) in [6.07, 6.45) is 4.72. The molecular weight excluding hydrogens is 531 g/mol. The average Bonchev–Trinajstić information content (AvgIpc) is 3.71. The van der Waals surface area contributed by atoms with Gasteiger partial charge in [-0.15, -0.1) is 0 Å². The number of hydrogen-bond acceptors (Lipinski definition) is 6. The van der Waals surface area contributed by atoms with Crippen LogP contribution in [0.2, 0.25) is 5.02 Å². The number of rotatable bonds is 10. The highest BCUT2D eigenvalue weighted by atomic mass is 35.5. The van der Waals surface area contributed by atoms with Gasteiger partial charge in [0.05, 0.1) is 24.4 Å². The number of anilines is 1. The Morgan fingerprint density at radius 2 is 2.12 bits per heavy atom. The molecule has 0 spiro atoms. The number of nitrogen functional groups attached to an aromatic ring is 1.